The summed E-state index contributed by atoms with van der Waals surface area (Å²) in [7, 11) is 5.36. The number of nitrogens with zero attached hydrogens (tertiary/aromatic N) is 3. The van der Waals surface area contributed by atoms with E-state index in [9.17, 15) is 4.79 Å². The van der Waals surface area contributed by atoms with Crippen molar-refractivity contribution < 1.29 is 9.53 Å². The van der Waals surface area contributed by atoms with Crippen molar-refractivity contribution in [2.45, 2.75) is 6.92 Å². The third-order valence-corrected chi connectivity index (χ3v) is 4.16. The van der Waals surface area contributed by atoms with E-state index in [-0.39, 0.29) is 5.97 Å². The number of carbonyl (C=O) groups excluding carboxylic acids is 1. The minimum absolute atomic E-state index is 0.354. The summed E-state index contributed by atoms with van der Waals surface area (Å²) < 4.78 is 4.91. The molecule has 2 aliphatic rings. The van der Waals surface area contributed by atoms with Gasteiger partial charge in [0, 0.05) is 25.5 Å². The molecule has 1 aliphatic carbocycles. The minimum atomic E-state index is -0.377. The molecule has 7 heteroatoms. The molecule has 2 fully saturated rings. The number of rotatable bonds is 5. The highest BCUT2D eigenvalue weighted by Crippen LogP contribution is 2.51. The van der Waals surface area contributed by atoms with Crippen molar-refractivity contribution in [3.63, 3.8) is 0 Å². The van der Waals surface area contributed by atoms with Crippen LogP contribution >= 0.6 is 0 Å². The first kappa shape index (κ1) is 13.4. The number of ether oxygens (including phenoxy) is 1. The molecular weight excluding hydrogens is 255 g/mol. The molecule has 3 rings (SSSR count). The van der Waals surface area contributed by atoms with Crippen molar-refractivity contribution >= 4 is 19.9 Å². The molecule has 2 heterocycles. The Morgan fingerprint density at radius 2 is 2.10 bits per heavy atom. The molecule has 1 saturated carbocycles. The van der Waals surface area contributed by atoms with Gasteiger partial charge >= 0.3 is 5.97 Å². The second-order valence-electron chi connectivity index (χ2n) is 5.30. The zero-order valence-electron chi connectivity index (χ0n) is 11.5. The second-order valence-corrected chi connectivity index (χ2v) is 5.30. The van der Waals surface area contributed by atoms with Crippen molar-refractivity contribution in [3.05, 3.63) is 18.0 Å². The molecule has 1 aliphatic heterocycles. The van der Waals surface area contributed by atoms with Crippen LogP contribution in [0.1, 0.15) is 17.3 Å². The molecule has 1 N–H and O–H groups in total. The summed E-state index contributed by atoms with van der Waals surface area (Å²) in [6.07, 6.45) is 3.06. The Labute approximate surface area is 119 Å². The van der Waals surface area contributed by atoms with E-state index in [1.807, 2.05) is 0 Å². The van der Waals surface area contributed by atoms with Gasteiger partial charge in [0.15, 0.2) is 7.98 Å². The summed E-state index contributed by atoms with van der Waals surface area (Å²) >= 11 is 0. The predicted molar refractivity (Wildman–Crippen MR) is 74.4 cm³/mol. The molecule has 0 bridgehead atoms. The third-order valence-electron chi connectivity index (χ3n) is 4.16. The molecule has 0 amide bonds. The van der Waals surface area contributed by atoms with Gasteiger partial charge in [-0.25, -0.2) is 14.8 Å². The van der Waals surface area contributed by atoms with Gasteiger partial charge in [-0.3, -0.25) is 0 Å². The molecule has 0 spiro atoms. The Bertz CT molecular complexity index is 484. The number of hydrogen-bond acceptors (Lipinski definition) is 6. The lowest BCUT2D eigenvalue weighted by atomic mass is 10.2. The van der Waals surface area contributed by atoms with Gasteiger partial charge in [0.2, 0.25) is 5.95 Å². The highest BCUT2D eigenvalue weighted by Gasteiger charge is 2.55. The van der Waals surface area contributed by atoms with E-state index >= 15 is 0 Å². The lowest BCUT2D eigenvalue weighted by Crippen LogP contribution is -2.28. The van der Waals surface area contributed by atoms with Crippen molar-refractivity contribution in [2.24, 2.45) is 17.8 Å². The summed E-state index contributed by atoms with van der Waals surface area (Å²) in [5.41, 5.74) is 0.394. The van der Waals surface area contributed by atoms with Crippen LogP contribution in [-0.4, -0.2) is 50.2 Å². The molecule has 2 unspecified atom stereocenters. The van der Waals surface area contributed by atoms with E-state index in [1.54, 1.807) is 6.92 Å². The van der Waals surface area contributed by atoms with Crippen molar-refractivity contribution in [2.75, 3.05) is 31.1 Å². The minimum Gasteiger partial charge on any atom is -0.462 e. The van der Waals surface area contributed by atoms with Crippen LogP contribution in [0.3, 0.4) is 0 Å². The Balaban J connectivity index is 1.59. The quantitative estimate of drug-likeness (QED) is 0.601. The standard InChI is InChI=1S/C13H17BN4O2/c1-2-20-12(19)8-3-15-13(16-4-8)18-6-10-9(5-17-14)11(10)7-18/h3-4,9-11,17H,2,5-7H2,1H3. The van der Waals surface area contributed by atoms with E-state index in [1.165, 1.54) is 12.4 Å². The normalized spacial score (nSPS) is 27.2. The molecule has 20 heavy (non-hydrogen) atoms. The van der Waals surface area contributed by atoms with Crippen LogP contribution in [-0.2, 0) is 4.74 Å². The Kier molecular flexibility index (Phi) is 3.61. The first-order valence-corrected chi connectivity index (χ1v) is 6.92. The Morgan fingerprint density at radius 3 is 2.65 bits per heavy atom. The van der Waals surface area contributed by atoms with Crippen LogP contribution in [0.15, 0.2) is 12.4 Å². The van der Waals surface area contributed by atoms with Crippen LogP contribution in [0, 0.1) is 17.8 Å². The topological polar surface area (TPSA) is 67.4 Å². The van der Waals surface area contributed by atoms with Crippen LogP contribution in [0.5, 0.6) is 0 Å². The summed E-state index contributed by atoms with van der Waals surface area (Å²) in [6, 6.07) is 0. The number of anilines is 1. The molecule has 1 saturated heterocycles. The number of nitrogens with one attached hydrogen (secondary N) is 1. The number of piperidine rings is 1. The first-order valence-electron chi connectivity index (χ1n) is 6.92. The zero-order chi connectivity index (χ0) is 14.1. The van der Waals surface area contributed by atoms with Gasteiger partial charge in [0.05, 0.1) is 12.2 Å². The average Bonchev–Trinajstić information content (AvgIpc) is 2.92. The molecule has 0 aromatic carbocycles. The highest BCUT2D eigenvalue weighted by molar-refractivity contribution is 6.04. The maximum atomic E-state index is 11.5. The predicted octanol–water partition coefficient (Wildman–Crippen LogP) is 0.00860. The number of carbonyl (C=O) groups is 1. The molecular formula is C13H17BN4O2. The Hall–Kier alpha value is -1.63. The molecule has 1 aromatic rings. The lowest BCUT2D eigenvalue weighted by Gasteiger charge is -2.19. The molecule has 2 atom stereocenters. The fourth-order valence-corrected chi connectivity index (χ4v) is 3.06. The van der Waals surface area contributed by atoms with Gasteiger partial charge in [-0.1, -0.05) is 0 Å². The zero-order valence-corrected chi connectivity index (χ0v) is 11.5. The van der Waals surface area contributed by atoms with Gasteiger partial charge in [0.1, 0.15) is 0 Å². The van der Waals surface area contributed by atoms with Crippen LogP contribution < -0.4 is 10.1 Å². The summed E-state index contributed by atoms with van der Waals surface area (Å²) in [5.74, 6) is 2.39. The summed E-state index contributed by atoms with van der Waals surface area (Å²) in [5, 5.41) is 2.74. The van der Waals surface area contributed by atoms with Crippen LogP contribution in [0.4, 0.5) is 5.95 Å². The summed E-state index contributed by atoms with van der Waals surface area (Å²) in [4.78, 5) is 22.2. The van der Waals surface area contributed by atoms with Gasteiger partial charge < -0.3 is 14.9 Å². The molecule has 6 nitrogen and oxygen atoms in total. The number of esters is 1. The smallest absolute Gasteiger partial charge is 0.341 e. The fraction of sp³-hybridized carbons (Fsp3) is 0.615. The maximum absolute atomic E-state index is 11.5. The van der Waals surface area contributed by atoms with Gasteiger partial charge in [-0.15, -0.1) is 0 Å². The van der Waals surface area contributed by atoms with E-state index in [2.05, 4.69) is 20.1 Å². The van der Waals surface area contributed by atoms with Gasteiger partial charge in [0.25, 0.3) is 0 Å². The number of fused-ring (bicyclic) bond motifs is 1. The van der Waals surface area contributed by atoms with E-state index in [0.29, 0.717) is 35.9 Å². The maximum Gasteiger partial charge on any atom is 0.341 e. The monoisotopic (exact) mass is 272 g/mol. The number of aromatic nitrogens is 2. The molecule has 104 valence electrons. The highest BCUT2D eigenvalue weighted by atomic mass is 16.5. The summed E-state index contributed by atoms with van der Waals surface area (Å²) in [6.45, 7) is 4.94. The van der Waals surface area contributed by atoms with Crippen molar-refractivity contribution in [3.8, 4) is 0 Å². The molecule has 2 radical (unpaired) electrons. The lowest BCUT2D eigenvalue weighted by molar-refractivity contribution is 0.0525. The van der Waals surface area contributed by atoms with Crippen LogP contribution in [0.25, 0.3) is 0 Å². The first-order chi connectivity index (χ1) is 9.74. The SMILES string of the molecule is [B]NCC1C2CN(c3ncc(C(=O)OCC)cn3)CC12. The molecule has 1 aromatic heterocycles. The number of hydrogen-bond donors (Lipinski definition) is 1. The average molecular weight is 272 g/mol. The van der Waals surface area contributed by atoms with Gasteiger partial charge in [-0.2, -0.15) is 0 Å². The van der Waals surface area contributed by atoms with Crippen molar-refractivity contribution in [1.29, 1.82) is 0 Å². The van der Waals surface area contributed by atoms with Crippen molar-refractivity contribution in [1.82, 2.24) is 15.2 Å². The second kappa shape index (κ2) is 5.40. The fourth-order valence-electron chi connectivity index (χ4n) is 3.06. The van der Waals surface area contributed by atoms with Crippen LogP contribution in [0.2, 0.25) is 0 Å². The van der Waals surface area contributed by atoms with Gasteiger partial charge in [-0.05, 0) is 31.2 Å². The van der Waals surface area contributed by atoms with E-state index < -0.39 is 0 Å². The van der Waals surface area contributed by atoms with E-state index in [0.717, 1.165) is 19.6 Å². The van der Waals surface area contributed by atoms with E-state index in [4.69, 9.17) is 12.7 Å². The largest absolute Gasteiger partial charge is 0.462 e. The Morgan fingerprint density at radius 1 is 1.45 bits per heavy atom. The third kappa shape index (κ3) is 2.37.